The van der Waals surface area contributed by atoms with E-state index < -0.39 is 35.5 Å². The van der Waals surface area contributed by atoms with Crippen LogP contribution in [-0.2, 0) is 19.1 Å². The molecule has 2 N–H and O–H groups in total. The van der Waals surface area contributed by atoms with Crippen LogP contribution < -0.4 is 10.6 Å². The van der Waals surface area contributed by atoms with Crippen LogP contribution in [0.4, 0.5) is 14.5 Å². The first-order chi connectivity index (χ1) is 12.7. The van der Waals surface area contributed by atoms with Crippen molar-refractivity contribution < 1.29 is 27.9 Å². The normalized spacial score (nSPS) is 15.4. The van der Waals surface area contributed by atoms with Crippen LogP contribution in [-0.4, -0.2) is 30.4 Å². The Morgan fingerprint density at radius 2 is 1.78 bits per heavy atom. The van der Waals surface area contributed by atoms with E-state index in [0.29, 0.717) is 12.8 Å². The van der Waals surface area contributed by atoms with Crippen LogP contribution in [0.15, 0.2) is 18.2 Å². The van der Waals surface area contributed by atoms with Gasteiger partial charge in [0.15, 0.2) is 18.2 Å². The van der Waals surface area contributed by atoms with Gasteiger partial charge in [0, 0.05) is 24.2 Å². The molecule has 6 nitrogen and oxygen atoms in total. The molecule has 1 aliphatic carbocycles. The van der Waals surface area contributed by atoms with Crippen LogP contribution in [0.2, 0.25) is 0 Å². The molecule has 2 amide bonds. The van der Waals surface area contributed by atoms with Gasteiger partial charge in [-0.15, -0.1) is 0 Å². The second-order valence-electron chi connectivity index (χ2n) is 7.14. The molecule has 0 saturated heterocycles. The van der Waals surface area contributed by atoms with Crippen molar-refractivity contribution in [1.82, 2.24) is 5.32 Å². The highest BCUT2D eigenvalue weighted by Crippen LogP contribution is 2.42. The summed E-state index contributed by atoms with van der Waals surface area (Å²) in [5.41, 5.74) is -0.858. The smallest absolute Gasteiger partial charge is 0.313 e. The SMILES string of the molecule is CC(C)NC(=O)CC1(C(=O)OCC(=O)Nc2ccc(F)c(F)c2)CCCC1. The van der Waals surface area contributed by atoms with Crippen LogP contribution >= 0.6 is 0 Å². The maximum Gasteiger partial charge on any atom is 0.313 e. The lowest BCUT2D eigenvalue weighted by molar-refractivity contribution is -0.160. The summed E-state index contributed by atoms with van der Waals surface area (Å²) in [7, 11) is 0. The Morgan fingerprint density at radius 1 is 1.11 bits per heavy atom. The Balaban J connectivity index is 1.92. The third-order valence-corrected chi connectivity index (χ3v) is 4.48. The van der Waals surface area contributed by atoms with Crippen molar-refractivity contribution in [3.63, 3.8) is 0 Å². The number of hydrogen-bond acceptors (Lipinski definition) is 4. The third kappa shape index (κ3) is 5.74. The summed E-state index contributed by atoms with van der Waals surface area (Å²) >= 11 is 0. The van der Waals surface area contributed by atoms with Crippen LogP contribution in [0.1, 0.15) is 46.0 Å². The van der Waals surface area contributed by atoms with Gasteiger partial charge in [-0.1, -0.05) is 12.8 Å². The van der Waals surface area contributed by atoms with E-state index in [4.69, 9.17) is 4.74 Å². The molecule has 0 radical (unpaired) electrons. The Kier molecular flexibility index (Phi) is 6.87. The predicted octanol–water partition coefficient (Wildman–Crippen LogP) is 2.92. The number of nitrogens with one attached hydrogen (secondary N) is 2. The highest BCUT2D eigenvalue weighted by atomic mass is 19.2. The van der Waals surface area contributed by atoms with E-state index in [2.05, 4.69) is 10.6 Å². The molecule has 1 aliphatic rings. The highest BCUT2D eigenvalue weighted by Gasteiger charge is 2.44. The quantitative estimate of drug-likeness (QED) is 0.710. The molecule has 8 heteroatoms. The maximum atomic E-state index is 13.2. The molecule has 0 bridgehead atoms. The minimum atomic E-state index is -1.09. The molecule has 0 aliphatic heterocycles. The van der Waals surface area contributed by atoms with Crippen molar-refractivity contribution in [3.05, 3.63) is 29.8 Å². The van der Waals surface area contributed by atoms with Gasteiger partial charge in [-0.3, -0.25) is 14.4 Å². The zero-order valence-electron chi connectivity index (χ0n) is 15.4. The van der Waals surface area contributed by atoms with Gasteiger partial charge in [-0.25, -0.2) is 8.78 Å². The number of rotatable bonds is 7. The van der Waals surface area contributed by atoms with Gasteiger partial charge in [0.05, 0.1) is 5.41 Å². The standard InChI is InChI=1S/C19H24F2N2O4/c1-12(2)22-16(24)10-19(7-3-4-8-19)18(26)27-11-17(25)23-13-5-6-14(20)15(21)9-13/h5-6,9,12H,3-4,7-8,10-11H2,1-2H3,(H,22,24)(H,23,25). The summed E-state index contributed by atoms with van der Waals surface area (Å²) in [6, 6.07) is 2.89. The van der Waals surface area contributed by atoms with Gasteiger partial charge in [0.1, 0.15) is 0 Å². The first-order valence-corrected chi connectivity index (χ1v) is 8.93. The van der Waals surface area contributed by atoms with Gasteiger partial charge in [0.25, 0.3) is 5.91 Å². The number of carbonyl (C=O) groups is 3. The Hall–Kier alpha value is -2.51. The number of carbonyl (C=O) groups excluding carboxylic acids is 3. The van der Waals surface area contributed by atoms with Gasteiger partial charge in [-0.05, 0) is 38.8 Å². The number of anilines is 1. The average Bonchev–Trinajstić information content (AvgIpc) is 3.05. The van der Waals surface area contributed by atoms with Gasteiger partial charge in [0.2, 0.25) is 5.91 Å². The fourth-order valence-electron chi connectivity index (χ4n) is 3.24. The first-order valence-electron chi connectivity index (χ1n) is 8.93. The number of hydrogen-bond donors (Lipinski definition) is 2. The summed E-state index contributed by atoms with van der Waals surface area (Å²) in [5, 5.41) is 5.10. The summed E-state index contributed by atoms with van der Waals surface area (Å²) in [4.78, 5) is 36.6. The van der Waals surface area contributed by atoms with E-state index in [1.165, 1.54) is 6.07 Å². The van der Waals surface area contributed by atoms with E-state index in [1.54, 1.807) is 0 Å². The molecule has 1 saturated carbocycles. The molecule has 1 fully saturated rings. The Bertz CT molecular complexity index is 716. The largest absolute Gasteiger partial charge is 0.455 e. The monoisotopic (exact) mass is 382 g/mol. The summed E-state index contributed by atoms with van der Waals surface area (Å²) in [6.07, 6.45) is 2.70. The average molecular weight is 382 g/mol. The van der Waals surface area contributed by atoms with Crippen molar-refractivity contribution in [2.75, 3.05) is 11.9 Å². The molecular weight excluding hydrogens is 358 g/mol. The van der Waals surface area contributed by atoms with E-state index in [1.807, 2.05) is 13.8 Å². The minimum Gasteiger partial charge on any atom is -0.455 e. The van der Waals surface area contributed by atoms with Crippen molar-refractivity contribution in [3.8, 4) is 0 Å². The summed E-state index contributed by atoms with van der Waals surface area (Å²) in [5.74, 6) is -3.60. The second-order valence-corrected chi connectivity index (χ2v) is 7.14. The van der Waals surface area contributed by atoms with Crippen LogP contribution in [0.5, 0.6) is 0 Å². The van der Waals surface area contributed by atoms with E-state index >= 15 is 0 Å². The van der Waals surface area contributed by atoms with Gasteiger partial charge in [-0.2, -0.15) is 0 Å². The van der Waals surface area contributed by atoms with Gasteiger partial charge >= 0.3 is 5.97 Å². The number of halogens is 2. The molecule has 1 aromatic rings. The van der Waals surface area contributed by atoms with Crippen molar-refractivity contribution >= 4 is 23.5 Å². The summed E-state index contributed by atoms with van der Waals surface area (Å²) in [6.45, 7) is 3.10. The lowest BCUT2D eigenvalue weighted by Crippen LogP contribution is -2.39. The van der Waals surface area contributed by atoms with Crippen molar-refractivity contribution in [2.45, 2.75) is 52.0 Å². The Labute approximate surface area is 156 Å². The minimum absolute atomic E-state index is 0.0226. The first kappa shape index (κ1) is 20.8. The van der Waals surface area contributed by atoms with Crippen LogP contribution in [0.25, 0.3) is 0 Å². The lowest BCUT2D eigenvalue weighted by Gasteiger charge is -2.26. The van der Waals surface area contributed by atoms with E-state index in [-0.39, 0.29) is 24.1 Å². The predicted molar refractivity (Wildman–Crippen MR) is 94.7 cm³/mol. The molecule has 0 aromatic heterocycles. The highest BCUT2D eigenvalue weighted by molar-refractivity contribution is 5.93. The molecule has 0 atom stereocenters. The molecule has 0 heterocycles. The third-order valence-electron chi connectivity index (χ3n) is 4.48. The number of benzene rings is 1. The van der Waals surface area contributed by atoms with Crippen molar-refractivity contribution in [1.29, 1.82) is 0 Å². The number of ether oxygens (including phenoxy) is 1. The van der Waals surface area contributed by atoms with Crippen LogP contribution in [0.3, 0.4) is 0 Å². The zero-order chi connectivity index (χ0) is 20.0. The topological polar surface area (TPSA) is 84.5 Å². The fourth-order valence-corrected chi connectivity index (χ4v) is 3.24. The molecule has 1 aromatic carbocycles. The van der Waals surface area contributed by atoms with E-state index in [9.17, 15) is 23.2 Å². The zero-order valence-corrected chi connectivity index (χ0v) is 15.4. The van der Waals surface area contributed by atoms with Crippen LogP contribution in [0, 0.1) is 17.0 Å². The molecule has 0 unspecified atom stereocenters. The van der Waals surface area contributed by atoms with Gasteiger partial charge < -0.3 is 15.4 Å². The molecule has 148 valence electrons. The Morgan fingerprint density at radius 3 is 2.37 bits per heavy atom. The molecule has 2 rings (SSSR count). The molecule has 27 heavy (non-hydrogen) atoms. The maximum absolute atomic E-state index is 13.2. The molecule has 0 spiro atoms. The second kappa shape index (κ2) is 8.92. The summed E-state index contributed by atoms with van der Waals surface area (Å²) < 4.78 is 31.2. The van der Waals surface area contributed by atoms with Crippen molar-refractivity contribution in [2.24, 2.45) is 5.41 Å². The lowest BCUT2D eigenvalue weighted by atomic mass is 9.82. The fraction of sp³-hybridized carbons (Fsp3) is 0.526. The molecular formula is C19H24F2N2O4. The number of amides is 2. The van der Waals surface area contributed by atoms with E-state index in [0.717, 1.165) is 25.0 Å². The number of esters is 1.